The van der Waals surface area contributed by atoms with Gasteiger partial charge in [-0.3, -0.25) is 4.79 Å². The van der Waals surface area contributed by atoms with E-state index in [9.17, 15) is 4.79 Å². The fraction of sp³-hybridized carbons (Fsp3) is 0.444. The summed E-state index contributed by atoms with van der Waals surface area (Å²) >= 11 is 0. The predicted molar refractivity (Wildman–Crippen MR) is 88.5 cm³/mol. The van der Waals surface area contributed by atoms with Gasteiger partial charge in [0.25, 0.3) is 5.91 Å². The van der Waals surface area contributed by atoms with E-state index in [1.165, 1.54) is 0 Å². The number of nitrogens with zero attached hydrogens (tertiary/aromatic N) is 3. The number of rotatable bonds is 2. The molecule has 0 bridgehead atoms. The summed E-state index contributed by atoms with van der Waals surface area (Å²) in [6, 6.07) is 5.77. The lowest BCUT2D eigenvalue weighted by Crippen LogP contribution is -2.40. The molecular weight excluding hydrogens is 306 g/mol. The number of ether oxygens (including phenoxy) is 2. The van der Waals surface area contributed by atoms with Crippen molar-refractivity contribution < 1.29 is 14.3 Å². The molecule has 2 aliphatic rings. The minimum atomic E-state index is 0.0514. The van der Waals surface area contributed by atoms with Crippen molar-refractivity contribution in [1.29, 1.82) is 0 Å². The maximum atomic E-state index is 12.9. The van der Waals surface area contributed by atoms with Gasteiger partial charge in [-0.1, -0.05) is 0 Å². The Morgan fingerprint density at radius 3 is 2.88 bits per heavy atom. The molecule has 4 rings (SSSR count). The van der Waals surface area contributed by atoms with Gasteiger partial charge < -0.3 is 18.9 Å². The van der Waals surface area contributed by atoms with Crippen molar-refractivity contribution >= 4 is 5.91 Å². The van der Waals surface area contributed by atoms with Gasteiger partial charge in [0.05, 0.1) is 25.6 Å². The van der Waals surface area contributed by atoms with E-state index in [4.69, 9.17) is 9.47 Å². The van der Waals surface area contributed by atoms with E-state index in [2.05, 4.69) is 9.55 Å². The van der Waals surface area contributed by atoms with Crippen molar-refractivity contribution in [1.82, 2.24) is 14.5 Å². The van der Waals surface area contributed by atoms with Crippen LogP contribution in [-0.2, 0) is 0 Å². The second-order valence-corrected chi connectivity index (χ2v) is 6.27. The fourth-order valence-electron chi connectivity index (χ4n) is 3.35. The number of carbonyl (C=O) groups excluding carboxylic acids is 1. The van der Waals surface area contributed by atoms with Gasteiger partial charge in [0.1, 0.15) is 0 Å². The quantitative estimate of drug-likeness (QED) is 0.850. The zero-order valence-corrected chi connectivity index (χ0v) is 13.6. The number of likely N-dealkylation sites (tertiary alicyclic amines) is 1. The van der Waals surface area contributed by atoms with Crippen LogP contribution in [0.15, 0.2) is 36.9 Å². The highest BCUT2D eigenvalue weighted by atomic mass is 16.5. The van der Waals surface area contributed by atoms with E-state index in [1.54, 1.807) is 6.20 Å². The maximum absolute atomic E-state index is 12.9. The van der Waals surface area contributed by atoms with Crippen molar-refractivity contribution in [2.45, 2.75) is 25.3 Å². The van der Waals surface area contributed by atoms with Gasteiger partial charge >= 0.3 is 0 Å². The molecule has 6 nitrogen and oxygen atoms in total. The first-order chi connectivity index (χ1) is 11.8. The van der Waals surface area contributed by atoms with Gasteiger partial charge in [-0.25, -0.2) is 4.98 Å². The Labute approximate surface area is 141 Å². The molecular formula is C18H21N3O3. The SMILES string of the molecule is O=C(c1ccc2c(c1)OCCCO2)N1CCC[C@H](n2ccnc2)C1. The smallest absolute Gasteiger partial charge is 0.254 e. The molecule has 2 aliphatic heterocycles. The van der Waals surface area contributed by atoms with E-state index >= 15 is 0 Å². The summed E-state index contributed by atoms with van der Waals surface area (Å²) in [5.74, 6) is 1.44. The summed E-state index contributed by atoms with van der Waals surface area (Å²) in [4.78, 5) is 18.9. The average molecular weight is 327 g/mol. The summed E-state index contributed by atoms with van der Waals surface area (Å²) < 4.78 is 13.4. The standard InChI is InChI=1S/C18H21N3O3/c22-18(14-4-5-16-17(11-14)24-10-2-9-23-16)20-7-1-3-15(12-20)21-8-6-19-13-21/h4-6,8,11,13,15H,1-3,7,9-10,12H2/t15-/m0/s1. The first-order valence-corrected chi connectivity index (χ1v) is 8.47. The largest absolute Gasteiger partial charge is 0.490 e. The second kappa shape index (κ2) is 6.55. The zero-order valence-electron chi connectivity index (χ0n) is 13.6. The van der Waals surface area contributed by atoms with Crippen LogP contribution >= 0.6 is 0 Å². The molecule has 0 radical (unpaired) electrons. The molecule has 0 unspecified atom stereocenters. The minimum Gasteiger partial charge on any atom is -0.490 e. The molecule has 126 valence electrons. The number of amides is 1. The lowest BCUT2D eigenvalue weighted by atomic mass is 10.0. The van der Waals surface area contributed by atoms with Gasteiger partial charge in [-0.15, -0.1) is 0 Å². The minimum absolute atomic E-state index is 0.0514. The van der Waals surface area contributed by atoms with E-state index < -0.39 is 0 Å². The predicted octanol–water partition coefficient (Wildman–Crippen LogP) is 2.52. The normalized spacial score (nSPS) is 20.5. The molecule has 1 aromatic heterocycles. The number of imidazole rings is 1. The molecule has 1 saturated heterocycles. The molecule has 3 heterocycles. The second-order valence-electron chi connectivity index (χ2n) is 6.27. The first kappa shape index (κ1) is 15.1. The van der Waals surface area contributed by atoms with Gasteiger partial charge in [-0.05, 0) is 31.0 Å². The Hall–Kier alpha value is -2.50. The summed E-state index contributed by atoms with van der Waals surface area (Å²) in [5.41, 5.74) is 0.658. The third-order valence-electron chi connectivity index (χ3n) is 4.62. The van der Waals surface area contributed by atoms with Gasteiger partial charge in [0.15, 0.2) is 11.5 Å². The number of fused-ring (bicyclic) bond motifs is 1. The number of carbonyl (C=O) groups is 1. The molecule has 0 spiro atoms. The van der Waals surface area contributed by atoms with Gasteiger partial charge in [-0.2, -0.15) is 0 Å². The number of aromatic nitrogens is 2. The van der Waals surface area contributed by atoms with Crippen molar-refractivity contribution in [2.24, 2.45) is 0 Å². The number of hydrogen-bond acceptors (Lipinski definition) is 4. The Bertz CT molecular complexity index is 714. The van der Waals surface area contributed by atoms with Crippen molar-refractivity contribution in [2.75, 3.05) is 26.3 Å². The summed E-state index contributed by atoms with van der Waals surface area (Å²) in [5, 5.41) is 0. The molecule has 0 aliphatic carbocycles. The summed E-state index contributed by atoms with van der Waals surface area (Å²) in [7, 11) is 0. The zero-order chi connectivity index (χ0) is 16.4. The fourth-order valence-corrected chi connectivity index (χ4v) is 3.35. The van der Waals surface area contributed by atoms with Crippen LogP contribution in [0.5, 0.6) is 11.5 Å². The van der Waals surface area contributed by atoms with E-state index in [0.29, 0.717) is 37.1 Å². The van der Waals surface area contributed by atoms with Crippen LogP contribution < -0.4 is 9.47 Å². The van der Waals surface area contributed by atoms with Crippen molar-refractivity contribution in [3.8, 4) is 11.5 Å². The van der Waals surface area contributed by atoms with Crippen molar-refractivity contribution in [3.63, 3.8) is 0 Å². The van der Waals surface area contributed by atoms with Crippen LogP contribution in [0.25, 0.3) is 0 Å². The molecule has 6 heteroatoms. The molecule has 24 heavy (non-hydrogen) atoms. The number of hydrogen-bond donors (Lipinski definition) is 0. The molecule has 1 aromatic carbocycles. The Morgan fingerprint density at radius 1 is 1.17 bits per heavy atom. The third-order valence-corrected chi connectivity index (χ3v) is 4.62. The van der Waals surface area contributed by atoms with Crippen molar-refractivity contribution in [3.05, 3.63) is 42.5 Å². The summed E-state index contributed by atoms with van der Waals surface area (Å²) in [6.07, 6.45) is 8.50. The van der Waals surface area contributed by atoms with Crippen LogP contribution in [0.2, 0.25) is 0 Å². The monoisotopic (exact) mass is 327 g/mol. The highest BCUT2D eigenvalue weighted by Gasteiger charge is 2.26. The average Bonchev–Trinajstić information content (AvgIpc) is 3.06. The molecule has 1 atom stereocenters. The van der Waals surface area contributed by atoms with Crippen LogP contribution in [0, 0.1) is 0 Å². The van der Waals surface area contributed by atoms with E-state index in [1.807, 2.05) is 35.6 Å². The van der Waals surface area contributed by atoms with E-state index in [0.717, 1.165) is 31.6 Å². The molecule has 0 N–H and O–H groups in total. The Morgan fingerprint density at radius 2 is 2.04 bits per heavy atom. The van der Waals surface area contributed by atoms with Crippen LogP contribution in [0.4, 0.5) is 0 Å². The van der Waals surface area contributed by atoms with Crippen LogP contribution in [0.1, 0.15) is 35.7 Å². The Kier molecular flexibility index (Phi) is 4.11. The Balaban J connectivity index is 1.52. The third kappa shape index (κ3) is 2.96. The topological polar surface area (TPSA) is 56.6 Å². The maximum Gasteiger partial charge on any atom is 0.254 e. The molecule has 1 amide bonds. The van der Waals surface area contributed by atoms with Gasteiger partial charge in [0.2, 0.25) is 0 Å². The molecule has 2 aromatic rings. The molecule has 0 saturated carbocycles. The number of benzene rings is 1. The van der Waals surface area contributed by atoms with E-state index in [-0.39, 0.29) is 5.91 Å². The highest BCUT2D eigenvalue weighted by Crippen LogP contribution is 2.31. The molecule has 1 fully saturated rings. The van der Waals surface area contributed by atoms with Crippen LogP contribution in [0.3, 0.4) is 0 Å². The van der Waals surface area contributed by atoms with Gasteiger partial charge in [0, 0.05) is 37.5 Å². The summed E-state index contributed by atoms with van der Waals surface area (Å²) in [6.45, 7) is 2.78. The lowest BCUT2D eigenvalue weighted by molar-refractivity contribution is 0.0679. The lowest BCUT2D eigenvalue weighted by Gasteiger charge is -2.33. The number of piperidine rings is 1. The van der Waals surface area contributed by atoms with Crippen LogP contribution in [-0.4, -0.2) is 46.7 Å². The highest BCUT2D eigenvalue weighted by molar-refractivity contribution is 5.95. The first-order valence-electron chi connectivity index (χ1n) is 8.47.